The van der Waals surface area contributed by atoms with E-state index in [2.05, 4.69) is 20.0 Å². The number of anilines is 1. The quantitative estimate of drug-likeness (QED) is 0.869. The zero-order chi connectivity index (χ0) is 14.5. The molecule has 104 valence electrons. The van der Waals surface area contributed by atoms with Gasteiger partial charge in [0.1, 0.15) is 17.5 Å². The summed E-state index contributed by atoms with van der Waals surface area (Å²) in [7, 11) is 1.22. The van der Waals surface area contributed by atoms with Gasteiger partial charge in [0, 0.05) is 24.4 Å². The molecule has 0 atom stereocenters. The minimum atomic E-state index is -0.665. The molecule has 0 amide bonds. The third-order valence-corrected chi connectivity index (χ3v) is 2.50. The molecule has 5 nitrogen and oxygen atoms in total. The Morgan fingerprint density at radius 2 is 2.15 bits per heavy atom. The molecule has 20 heavy (non-hydrogen) atoms. The Balaban J connectivity index is 2.09. The molecular formula is C13H11F2N3O2. The summed E-state index contributed by atoms with van der Waals surface area (Å²) in [6, 6.07) is 4.82. The minimum absolute atomic E-state index is 0.0999. The number of halogens is 2. The average molecular weight is 279 g/mol. The van der Waals surface area contributed by atoms with Crippen molar-refractivity contribution in [2.45, 2.75) is 6.54 Å². The smallest absolute Gasteiger partial charge is 0.376 e. The third kappa shape index (κ3) is 3.25. The predicted octanol–water partition coefficient (Wildman–Crippen LogP) is 2.15. The van der Waals surface area contributed by atoms with Crippen LogP contribution in [0.5, 0.6) is 0 Å². The molecule has 0 saturated heterocycles. The number of nitrogens with zero attached hydrogens (tertiary/aromatic N) is 2. The fourth-order valence-corrected chi connectivity index (χ4v) is 1.50. The van der Waals surface area contributed by atoms with Crippen LogP contribution in [0.4, 0.5) is 14.6 Å². The van der Waals surface area contributed by atoms with E-state index in [9.17, 15) is 13.6 Å². The number of benzene rings is 1. The zero-order valence-electron chi connectivity index (χ0n) is 10.6. The molecule has 2 aromatic rings. The molecule has 0 aliphatic heterocycles. The van der Waals surface area contributed by atoms with Gasteiger partial charge in [-0.3, -0.25) is 0 Å². The highest BCUT2D eigenvalue weighted by molar-refractivity contribution is 5.85. The third-order valence-electron chi connectivity index (χ3n) is 2.50. The molecule has 1 aromatic carbocycles. The van der Waals surface area contributed by atoms with Crippen LogP contribution < -0.4 is 5.32 Å². The molecule has 0 bridgehead atoms. The van der Waals surface area contributed by atoms with E-state index < -0.39 is 17.6 Å². The molecular weight excluding hydrogens is 268 g/mol. The van der Waals surface area contributed by atoms with Crippen LogP contribution in [0.3, 0.4) is 0 Å². The van der Waals surface area contributed by atoms with E-state index in [0.29, 0.717) is 5.82 Å². The number of carbonyl (C=O) groups is 1. The number of aromatic nitrogens is 2. The lowest BCUT2D eigenvalue weighted by atomic mass is 10.2. The van der Waals surface area contributed by atoms with Crippen molar-refractivity contribution in [1.82, 2.24) is 9.97 Å². The van der Waals surface area contributed by atoms with E-state index >= 15 is 0 Å². The first kappa shape index (κ1) is 13.9. The number of methoxy groups -OCH3 is 1. The Hall–Kier alpha value is -2.57. The van der Waals surface area contributed by atoms with E-state index in [1.807, 2.05) is 0 Å². The first-order valence-corrected chi connectivity index (χ1v) is 5.69. The molecule has 0 unspecified atom stereocenters. The van der Waals surface area contributed by atoms with Gasteiger partial charge in [0.15, 0.2) is 0 Å². The molecule has 0 aliphatic rings. The van der Waals surface area contributed by atoms with Crippen LogP contribution in [0, 0.1) is 11.6 Å². The lowest BCUT2D eigenvalue weighted by Crippen LogP contribution is -2.10. The second-order valence-electron chi connectivity index (χ2n) is 3.85. The van der Waals surface area contributed by atoms with E-state index in [1.165, 1.54) is 31.5 Å². The number of ether oxygens (including phenoxy) is 1. The lowest BCUT2D eigenvalue weighted by molar-refractivity contribution is 0.0587. The summed E-state index contributed by atoms with van der Waals surface area (Å²) >= 11 is 0. The summed E-state index contributed by atoms with van der Waals surface area (Å²) in [5, 5.41) is 2.82. The summed E-state index contributed by atoms with van der Waals surface area (Å²) in [4.78, 5) is 18.9. The van der Waals surface area contributed by atoms with Crippen LogP contribution in [-0.4, -0.2) is 23.0 Å². The van der Waals surface area contributed by atoms with Crippen LogP contribution in [-0.2, 0) is 11.3 Å². The van der Waals surface area contributed by atoms with E-state index in [-0.39, 0.29) is 17.9 Å². The molecule has 1 N–H and O–H groups in total. The largest absolute Gasteiger partial charge is 0.463 e. The molecule has 7 heteroatoms. The van der Waals surface area contributed by atoms with Crippen molar-refractivity contribution in [2.24, 2.45) is 0 Å². The second kappa shape index (κ2) is 6.05. The van der Waals surface area contributed by atoms with Gasteiger partial charge in [-0.2, -0.15) is 0 Å². The molecule has 0 radical (unpaired) electrons. The molecule has 0 fully saturated rings. The first-order chi connectivity index (χ1) is 9.60. The van der Waals surface area contributed by atoms with Crippen molar-refractivity contribution < 1.29 is 18.3 Å². The van der Waals surface area contributed by atoms with Crippen molar-refractivity contribution >= 4 is 11.8 Å². The second-order valence-corrected chi connectivity index (χ2v) is 3.85. The van der Waals surface area contributed by atoms with Crippen LogP contribution in [0.2, 0.25) is 0 Å². The molecule has 0 spiro atoms. The van der Waals surface area contributed by atoms with Crippen molar-refractivity contribution in [2.75, 3.05) is 12.4 Å². The number of hydrogen-bond donors (Lipinski definition) is 1. The Morgan fingerprint density at radius 3 is 2.85 bits per heavy atom. The van der Waals surface area contributed by atoms with Crippen LogP contribution in [0.1, 0.15) is 16.2 Å². The molecule has 0 saturated carbocycles. The molecule has 1 heterocycles. The number of carbonyl (C=O) groups excluding carboxylic acids is 1. The summed E-state index contributed by atoms with van der Waals surface area (Å²) < 4.78 is 30.7. The maximum Gasteiger partial charge on any atom is 0.376 e. The normalized spacial score (nSPS) is 10.2. The van der Waals surface area contributed by atoms with Crippen LogP contribution in [0.25, 0.3) is 0 Å². The Morgan fingerprint density at radius 1 is 1.35 bits per heavy atom. The fraction of sp³-hybridized carbons (Fsp3) is 0.154. The van der Waals surface area contributed by atoms with Gasteiger partial charge < -0.3 is 10.1 Å². The summed E-state index contributed by atoms with van der Waals surface area (Å²) in [6.07, 6.45) is 1.38. The topological polar surface area (TPSA) is 64.1 Å². The number of rotatable bonds is 4. The minimum Gasteiger partial charge on any atom is -0.463 e. The summed E-state index contributed by atoms with van der Waals surface area (Å²) in [6.45, 7) is 0.101. The zero-order valence-corrected chi connectivity index (χ0v) is 10.6. The maximum atomic E-state index is 13.4. The monoisotopic (exact) mass is 279 g/mol. The number of hydrogen-bond acceptors (Lipinski definition) is 5. The van der Waals surface area contributed by atoms with E-state index in [1.54, 1.807) is 0 Å². The molecule has 0 aliphatic carbocycles. The van der Waals surface area contributed by atoms with Crippen LogP contribution >= 0.6 is 0 Å². The number of esters is 1. The van der Waals surface area contributed by atoms with Gasteiger partial charge in [-0.1, -0.05) is 6.07 Å². The lowest BCUT2D eigenvalue weighted by Gasteiger charge is -2.07. The maximum absolute atomic E-state index is 13.4. The summed E-state index contributed by atoms with van der Waals surface area (Å²) in [5.41, 5.74) is 0.282. The molecule has 2 rings (SSSR count). The van der Waals surface area contributed by atoms with Gasteiger partial charge in [-0.25, -0.2) is 23.5 Å². The Kier molecular flexibility index (Phi) is 4.19. The highest BCUT2D eigenvalue weighted by Crippen LogP contribution is 2.12. The average Bonchev–Trinajstić information content (AvgIpc) is 2.46. The molecule has 1 aromatic heterocycles. The van der Waals surface area contributed by atoms with Crippen molar-refractivity contribution in [3.05, 3.63) is 53.5 Å². The highest BCUT2D eigenvalue weighted by atomic mass is 19.1. The van der Waals surface area contributed by atoms with Gasteiger partial charge in [0.05, 0.1) is 7.11 Å². The standard InChI is InChI=1S/C13H11F2N3O2/c1-20-13(19)12-16-5-4-11(18-12)17-7-8-2-3-9(14)6-10(8)15/h2-6H,7H2,1H3,(H,16,17,18). The first-order valence-electron chi connectivity index (χ1n) is 5.69. The predicted molar refractivity (Wildman–Crippen MR) is 67.1 cm³/mol. The SMILES string of the molecule is COC(=O)c1nccc(NCc2ccc(F)cc2F)n1. The van der Waals surface area contributed by atoms with Gasteiger partial charge >= 0.3 is 5.97 Å². The van der Waals surface area contributed by atoms with Gasteiger partial charge in [-0.15, -0.1) is 0 Å². The van der Waals surface area contributed by atoms with Gasteiger partial charge in [-0.05, 0) is 12.1 Å². The van der Waals surface area contributed by atoms with Crippen LogP contribution in [0.15, 0.2) is 30.5 Å². The van der Waals surface area contributed by atoms with Crippen molar-refractivity contribution in [1.29, 1.82) is 0 Å². The van der Waals surface area contributed by atoms with Gasteiger partial charge in [0.25, 0.3) is 0 Å². The van der Waals surface area contributed by atoms with E-state index in [0.717, 1.165) is 6.07 Å². The highest BCUT2D eigenvalue weighted by Gasteiger charge is 2.10. The van der Waals surface area contributed by atoms with E-state index in [4.69, 9.17) is 0 Å². The van der Waals surface area contributed by atoms with Gasteiger partial charge in [0.2, 0.25) is 5.82 Å². The summed E-state index contributed by atoms with van der Waals surface area (Å²) in [5.74, 6) is -1.72. The van der Waals surface area contributed by atoms with Crippen molar-refractivity contribution in [3.63, 3.8) is 0 Å². The van der Waals surface area contributed by atoms with Crippen molar-refractivity contribution in [3.8, 4) is 0 Å². The fourth-order valence-electron chi connectivity index (χ4n) is 1.50. The Labute approximate surface area is 113 Å². The number of nitrogens with one attached hydrogen (secondary N) is 1. The Bertz CT molecular complexity index is 635.